The minimum atomic E-state index is -0.387. The van der Waals surface area contributed by atoms with E-state index in [1.165, 1.54) is 25.7 Å². The quantitative estimate of drug-likeness (QED) is 0.682. The fourth-order valence-corrected chi connectivity index (χ4v) is 2.27. The molecule has 0 spiro atoms. The second kappa shape index (κ2) is 7.81. The van der Waals surface area contributed by atoms with Gasteiger partial charge in [-0.25, -0.2) is 4.79 Å². The van der Waals surface area contributed by atoms with Crippen LogP contribution in [0.25, 0.3) is 10.9 Å². The summed E-state index contributed by atoms with van der Waals surface area (Å²) in [7, 11) is 0. The molecule has 2 rings (SSSR count). The SMILES string of the molecule is CCCCCCCCOc1nc2ccc(C)cc2c(=O)o1. The van der Waals surface area contributed by atoms with Gasteiger partial charge in [-0.1, -0.05) is 50.7 Å². The van der Waals surface area contributed by atoms with Crippen molar-refractivity contribution in [2.24, 2.45) is 0 Å². The van der Waals surface area contributed by atoms with Crippen LogP contribution in [0.3, 0.4) is 0 Å². The Kier molecular flexibility index (Phi) is 5.78. The molecule has 0 aliphatic rings. The maximum atomic E-state index is 11.9. The van der Waals surface area contributed by atoms with E-state index < -0.39 is 0 Å². The smallest absolute Gasteiger partial charge is 0.397 e. The lowest BCUT2D eigenvalue weighted by Gasteiger charge is -2.04. The molecule has 0 radical (unpaired) electrons. The number of rotatable bonds is 8. The zero-order chi connectivity index (χ0) is 15.1. The minimum Gasteiger partial charge on any atom is -0.450 e. The van der Waals surface area contributed by atoms with E-state index in [1.807, 2.05) is 19.1 Å². The molecule has 114 valence electrons. The fraction of sp³-hybridized carbons (Fsp3) is 0.529. The van der Waals surface area contributed by atoms with Crippen LogP contribution in [0.4, 0.5) is 0 Å². The predicted molar refractivity (Wildman–Crippen MR) is 83.9 cm³/mol. The van der Waals surface area contributed by atoms with Gasteiger partial charge < -0.3 is 9.15 Å². The number of hydrogen-bond acceptors (Lipinski definition) is 4. The largest absolute Gasteiger partial charge is 0.450 e. The van der Waals surface area contributed by atoms with Crippen molar-refractivity contribution in [3.05, 3.63) is 34.2 Å². The highest BCUT2D eigenvalue weighted by molar-refractivity contribution is 5.77. The topological polar surface area (TPSA) is 52.3 Å². The summed E-state index contributed by atoms with van der Waals surface area (Å²) in [4.78, 5) is 16.1. The van der Waals surface area contributed by atoms with E-state index in [2.05, 4.69) is 11.9 Å². The van der Waals surface area contributed by atoms with Gasteiger partial charge in [-0.05, 0) is 25.5 Å². The van der Waals surface area contributed by atoms with Crippen LogP contribution in [-0.2, 0) is 0 Å². The highest BCUT2D eigenvalue weighted by Crippen LogP contribution is 2.14. The Morgan fingerprint density at radius 1 is 1.14 bits per heavy atom. The summed E-state index contributed by atoms with van der Waals surface area (Å²) in [6.07, 6.45) is 7.22. The van der Waals surface area contributed by atoms with Crippen LogP contribution in [-0.4, -0.2) is 11.6 Å². The minimum absolute atomic E-state index is 0.0740. The van der Waals surface area contributed by atoms with Crippen molar-refractivity contribution in [1.82, 2.24) is 4.98 Å². The second-order valence-corrected chi connectivity index (χ2v) is 5.40. The zero-order valence-corrected chi connectivity index (χ0v) is 12.9. The number of benzene rings is 1. The maximum Gasteiger partial charge on any atom is 0.397 e. The Labute approximate surface area is 125 Å². The molecule has 0 fully saturated rings. The number of fused-ring (bicyclic) bond motifs is 1. The Bertz CT molecular complexity index is 633. The van der Waals surface area contributed by atoms with Crippen LogP contribution in [0.2, 0.25) is 0 Å². The third-order valence-corrected chi connectivity index (χ3v) is 3.49. The van der Waals surface area contributed by atoms with E-state index in [9.17, 15) is 4.79 Å². The van der Waals surface area contributed by atoms with Crippen LogP contribution in [0, 0.1) is 6.92 Å². The van der Waals surface area contributed by atoms with Gasteiger partial charge in [0.2, 0.25) is 0 Å². The Morgan fingerprint density at radius 2 is 1.90 bits per heavy atom. The van der Waals surface area contributed by atoms with E-state index in [0.717, 1.165) is 18.4 Å². The van der Waals surface area contributed by atoms with Crippen molar-refractivity contribution < 1.29 is 9.15 Å². The lowest BCUT2D eigenvalue weighted by atomic mass is 10.1. The summed E-state index contributed by atoms with van der Waals surface area (Å²) >= 11 is 0. The highest BCUT2D eigenvalue weighted by Gasteiger charge is 2.07. The van der Waals surface area contributed by atoms with Gasteiger partial charge in [0, 0.05) is 0 Å². The lowest BCUT2D eigenvalue weighted by Crippen LogP contribution is -2.06. The second-order valence-electron chi connectivity index (χ2n) is 5.40. The number of unbranched alkanes of at least 4 members (excludes halogenated alkanes) is 5. The molecule has 0 N–H and O–H groups in total. The zero-order valence-electron chi connectivity index (χ0n) is 12.9. The van der Waals surface area contributed by atoms with Crippen LogP contribution in [0.1, 0.15) is 51.0 Å². The molecule has 1 heterocycles. The van der Waals surface area contributed by atoms with Crippen molar-refractivity contribution in [3.63, 3.8) is 0 Å². The molecule has 4 nitrogen and oxygen atoms in total. The molecule has 4 heteroatoms. The van der Waals surface area contributed by atoms with E-state index in [0.29, 0.717) is 17.5 Å². The number of aromatic nitrogens is 1. The molecule has 0 aliphatic heterocycles. The molecule has 2 aromatic rings. The average molecular weight is 289 g/mol. The molecule has 0 bridgehead atoms. The van der Waals surface area contributed by atoms with E-state index in [1.54, 1.807) is 6.07 Å². The van der Waals surface area contributed by atoms with Crippen molar-refractivity contribution >= 4 is 10.9 Å². The van der Waals surface area contributed by atoms with Crippen molar-refractivity contribution in [2.45, 2.75) is 52.4 Å². The first-order chi connectivity index (χ1) is 10.2. The van der Waals surface area contributed by atoms with Crippen molar-refractivity contribution in [2.75, 3.05) is 6.61 Å². The first kappa shape index (κ1) is 15.5. The van der Waals surface area contributed by atoms with Crippen LogP contribution in [0.15, 0.2) is 27.4 Å². The van der Waals surface area contributed by atoms with Crippen LogP contribution < -0.4 is 10.4 Å². The van der Waals surface area contributed by atoms with Gasteiger partial charge >= 0.3 is 11.7 Å². The van der Waals surface area contributed by atoms with Gasteiger partial charge in [-0.2, -0.15) is 4.98 Å². The Hall–Kier alpha value is -1.84. The van der Waals surface area contributed by atoms with Gasteiger partial charge in [0.05, 0.1) is 17.5 Å². The first-order valence-electron chi connectivity index (χ1n) is 7.75. The normalized spacial score (nSPS) is 11.0. The highest BCUT2D eigenvalue weighted by atomic mass is 16.6. The van der Waals surface area contributed by atoms with E-state index in [-0.39, 0.29) is 11.7 Å². The molecule has 0 amide bonds. The number of aryl methyl sites for hydroxylation is 1. The van der Waals surface area contributed by atoms with Gasteiger partial charge in [0.1, 0.15) is 0 Å². The van der Waals surface area contributed by atoms with Crippen molar-refractivity contribution in [1.29, 1.82) is 0 Å². The summed E-state index contributed by atoms with van der Waals surface area (Å²) in [6, 6.07) is 5.52. The van der Waals surface area contributed by atoms with Crippen LogP contribution >= 0.6 is 0 Å². The number of ether oxygens (including phenoxy) is 1. The third kappa shape index (κ3) is 4.59. The monoisotopic (exact) mass is 289 g/mol. The van der Waals surface area contributed by atoms with Gasteiger partial charge in [-0.3, -0.25) is 0 Å². The van der Waals surface area contributed by atoms with Gasteiger partial charge in [0.25, 0.3) is 0 Å². The Morgan fingerprint density at radius 3 is 2.71 bits per heavy atom. The summed E-state index contributed by atoms with van der Waals surface area (Å²) in [5.41, 5.74) is 1.24. The third-order valence-electron chi connectivity index (χ3n) is 3.49. The maximum absolute atomic E-state index is 11.9. The lowest BCUT2D eigenvalue weighted by molar-refractivity contribution is 0.211. The van der Waals surface area contributed by atoms with Gasteiger partial charge in [-0.15, -0.1) is 0 Å². The molecule has 0 saturated heterocycles. The molecule has 0 aliphatic carbocycles. The Balaban J connectivity index is 1.88. The number of nitrogens with zero attached hydrogens (tertiary/aromatic N) is 1. The molecular weight excluding hydrogens is 266 g/mol. The molecule has 1 aromatic heterocycles. The molecule has 21 heavy (non-hydrogen) atoms. The predicted octanol–water partition coefficient (Wildman–Crippen LogP) is 4.24. The fourth-order valence-electron chi connectivity index (χ4n) is 2.27. The van der Waals surface area contributed by atoms with Crippen LogP contribution in [0.5, 0.6) is 6.08 Å². The van der Waals surface area contributed by atoms with Gasteiger partial charge in [0.15, 0.2) is 0 Å². The summed E-state index contributed by atoms with van der Waals surface area (Å²) < 4.78 is 10.6. The molecular formula is C17H23NO3. The summed E-state index contributed by atoms with van der Waals surface area (Å²) in [6.45, 7) is 4.68. The van der Waals surface area contributed by atoms with Crippen molar-refractivity contribution in [3.8, 4) is 6.08 Å². The standard InChI is InChI=1S/C17H23NO3/c1-3-4-5-6-7-8-11-20-17-18-15-10-9-13(2)12-14(15)16(19)21-17/h9-10,12H,3-8,11H2,1-2H3. The first-order valence-corrected chi connectivity index (χ1v) is 7.75. The molecule has 0 unspecified atom stereocenters. The number of hydrogen-bond donors (Lipinski definition) is 0. The average Bonchev–Trinajstić information content (AvgIpc) is 2.47. The molecule has 0 atom stereocenters. The summed E-state index contributed by atoms with van der Waals surface area (Å²) in [5.74, 6) is 0. The molecule has 0 saturated carbocycles. The summed E-state index contributed by atoms with van der Waals surface area (Å²) in [5, 5.41) is 0.502. The van der Waals surface area contributed by atoms with E-state index >= 15 is 0 Å². The van der Waals surface area contributed by atoms with E-state index in [4.69, 9.17) is 9.15 Å². The molecule has 1 aromatic carbocycles.